The second-order valence-electron chi connectivity index (χ2n) is 2.54. The Labute approximate surface area is 74.4 Å². The molecule has 0 unspecified atom stereocenters. The summed E-state index contributed by atoms with van der Waals surface area (Å²) in [7, 11) is 0. The van der Waals surface area contributed by atoms with E-state index in [-0.39, 0.29) is 6.10 Å². The van der Waals surface area contributed by atoms with E-state index in [0.717, 1.165) is 10.2 Å². The fourth-order valence-electron chi connectivity index (χ4n) is 0.868. The largest absolute Gasteiger partial charge is 0.393 e. The lowest BCUT2D eigenvalue weighted by Crippen LogP contribution is -2.04. The van der Waals surface area contributed by atoms with Gasteiger partial charge in [0.25, 0.3) is 0 Å². The first-order valence-electron chi connectivity index (χ1n) is 3.47. The van der Waals surface area contributed by atoms with Gasteiger partial charge in [-0.15, -0.1) is 0 Å². The van der Waals surface area contributed by atoms with Gasteiger partial charge < -0.3 is 5.11 Å². The van der Waals surface area contributed by atoms with E-state index in [1.807, 2.05) is 12.1 Å². The Balaban J connectivity index is 2.66. The monoisotopic (exact) mass is 215 g/mol. The van der Waals surface area contributed by atoms with E-state index in [0.29, 0.717) is 6.42 Å². The molecular weight excluding hydrogens is 206 g/mol. The predicted molar refractivity (Wildman–Crippen MR) is 47.3 cm³/mol. The van der Waals surface area contributed by atoms with E-state index in [1.54, 1.807) is 13.1 Å². The van der Waals surface area contributed by atoms with Crippen molar-refractivity contribution in [3.8, 4) is 0 Å². The maximum absolute atomic E-state index is 9.04. The molecule has 1 aromatic rings. The normalized spacial score (nSPS) is 13.0. The summed E-state index contributed by atoms with van der Waals surface area (Å²) < 4.78 is 0.826. The van der Waals surface area contributed by atoms with Crippen molar-refractivity contribution in [1.82, 2.24) is 4.98 Å². The number of hydrogen-bond donors (Lipinski definition) is 1. The van der Waals surface area contributed by atoms with Gasteiger partial charge in [0.15, 0.2) is 0 Å². The molecule has 1 N–H and O–H groups in total. The zero-order chi connectivity index (χ0) is 8.27. The third-order valence-electron chi connectivity index (χ3n) is 1.32. The van der Waals surface area contributed by atoms with Crippen molar-refractivity contribution >= 4 is 15.9 Å². The van der Waals surface area contributed by atoms with Crippen LogP contribution in [0.25, 0.3) is 0 Å². The maximum atomic E-state index is 9.04. The van der Waals surface area contributed by atoms with E-state index < -0.39 is 0 Å². The number of pyridine rings is 1. The van der Waals surface area contributed by atoms with E-state index in [1.165, 1.54) is 0 Å². The average molecular weight is 216 g/mol. The second-order valence-corrected chi connectivity index (χ2v) is 3.35. The van der Waals surface area contributed by atoms with Gasteiger partial charge in [-0.1, -0.05) is 6.07 Å². The molecule has 60 valence electrons. The molecule has 0 aromatic carbocycles. The number of hydrogen-bond acceptors (Lipinski definition) is 2. The molecule has 0 aliphatic heterocycles. The Morgan fingerprint density at radius 3 is 2.82 bits per heavy atom. The summed E-state index contributed by atoms with van der Waals surface area (Å²) in [4.78, 5) is 4.04. The maximum Gasteiger partial charge on any atom is 0.106 e. The first-order chi connectivity index (χ1) is 5.18. The lowest BCUT2D eigenvalue weighted by atomic mass is 10.1. The fourth-order valence-corrected chi connectivity index (χ4v) is 1.10. The molecule has 0 saturated heterocycles. The van der Waals surface area contributed by atoms with Crippen LogP contribution in [0, 0.1) is 0 Å². The molecule has 0 radical (unpaired) electrons. The van der Waals surface area contributed by atoms with Crippen LogP contribution >= 0.6 is 15.9 Å². The Bertz CT molecular complexity index is 220. The molecule has 2 nitrogen and oxygen atoms in total. The summed E-state index contributed by atoms with van der Waals surface area (Å²) in [5.41, 5.74) is 1.06. The molecule has 3 heteroatoms. The molecule has 11 heavy (non-hydrogen) atoms. The highest BCUT2D eigenvalue weighted by atomic mass is 79.9. The highest BCUT2D eigenvalue weighted by Gasteiger charge is 1.98. The van der Waals surface area contributed by atoms with Gasteiger partial charge in [-0.3, -0.25) is 0 Å². The van der Waals surface area contributed by atoms with Gasteiger partial charge in [-0.2, -0.15) is 0 Å². The van der Waals surface area contributed by atoms with Crippen LogP contribution in [0.15, 0.2) is 22.9 Å². The van der Waals surface area contributed by atoms with Crippen molar-refractivity contribution in [3.05, 3.63) is 28.5 Å². The molecular formula is C8H10BrNO. The van der Waals surface area contributed by atoms with Crippen LogP contribution in [-0.4, -0.2) is 16.2 Å². The van der Waals surface area contributed by atoms with Crippen molar-refractivity contribution < 1.29 is 5.11 Å². The first kappa shape index (κ1) is 8.68. The van der Waals surface area contributed by atoms with Crippen LogP contribution in [0.2, 0.25) is 0 Å². The summed E-state index contributed by atoms with van der Waals surface area (Å²) >= 11 is 3.24. The SMILES string of the molecule is C[C@H](O)Cc1ccc(Br)nc1. The molecule has 1 heterocycles. The van der Waals surface area contributed by atoms with Gasteiger partial charge in [0.2, 0.25) is 0 Å². The number of aromatic nitrogens is 1. The second kappa shape index (κ2) is 3.83. The number of halogens is 1. The van der Waals surface area contributed by atoms with Gasteiger partial charge >= 0.3 is 0 Å². The van der Waals surface area contributed by atoms with Crippen LogP contribution in [0.5, 0.6) is 0 Å². The third kappa shape index (κ3) is 2.99. The highest BCUT2D eigenvalue weighted by Crippen LogP contribution is 2.07. The van der Waals surface area contributed by atoms with Crippen LogP contribution in [0.1, 0.15) is 12.5 Å². The minimum absolute atomic E-state index is 0.294. The highest BCUT2D eigenvalue weighted by molar-refractivity contribution is 9.10. The van der Waals surface area contributed by atoms with Gasteiger partial charge in [0.05, 0.1) is 6.10 Å². The zero-order valence-corrected chi connectivity index (χ0v) is 7.87. The van der Waals surface area contributed by atoms with Gasteiger partial charge in [-0.25, -0.2) is 4.98 Å². The van der Waals surface area contributed by atoms with E-state index in [9.17, 15) is 0 Å². The molecule has 1 aromatic heterocycles. The zero-order valence-electron chi connectivity index (χ0n) is 6.29. The van der Waals surface area contributed by atoms with Crippen LogP contribution in [0.4, 0.5) is 0 Å². The Morgan fingerprint density at radius 2 is 2.36 bits per heavy atom. The van der Waals surface area contributed by atoms with E-state index >= 15 is 0 Å². The Morgan fingerprint density at radius 1 is 1.64 bits per heavy atom. The molecule has 0 aliphatic carbocycles. The molecule has 0 spiro atoms. The lowest BCUT2D eigenvalue weighted by molar-refractivity contribution is 0.195. The molecule has 0 fully saturated rings. The van der Waals surface area contributed by atoms with Crippen LogP contribution in [-0.2, 0) is 6.42 Å². The average Bonchev–Trinajstić information content (AvgIpc) is 1.93. The Kier molecular flexibility index (Phi) is 3.02. The van der Waals surface area contributed by atoms with E-state index in [2.05, 4.69) is 20.9 Å². The quantitative estimate of drug-likeness (QED) is 0.764. The summed E-state index contributed by atoms with van der Waals surface area (Å²) in [6.07, 6.45) is 2.13. The molecule has 1 rings (SSSR count). The smallest absolute Gasteiger partial charge is 0.106 e. The number of aliphatic hydroxyl groups is 1. The van der Waals surface area contributed by atoms with Crippen molar-refractivity contribution in [2.45, 2.75) is 19.4 Å². The van der Waals surface area contributed by atoms with Gasteiger partial charge in [0.1, 0.15) is 4.60 Å². The minimum atomic E-state index is -0.294. The van der Waals surface area contributed by atoms with Gasteiger partial charge in [0, 0.05) is 6.20 Å². The van der Waals surface area contributed by atoms with Crippen LogP contribution < -0.4 is 0 Å². The van der Waals surface area contributed by atoms with Gasteiger partial charge in [-0.05, 0) is 40.9 Å². The van der Waals surface area contributed by atoms with Crippen molar-refractivity contribution in [2.75, 3.05) is 0 Å². The van der Waals surface area contributed by atoms with E-state index in [4.69, 9.17) is 5.11 Å². The number of aliphatic hydroxyl groups excluding tert-OH is 1. The minimum Gasteiger partial charge on any atom is -0.393 e. The number of nitrogens with zero attached hydrogens (tertiary/aromatic N) is 1. The molecule has 0 aliphatic rings. The number of rotatable bonds is 2. The predicted octanol–water partition coefficient (Wildman–Crippen LogP) is 1.77. The van der Waals surface area contributed by atoms with Crippen molar-refractivity contribution in [1.29, 1.82) is 0 Å². The lowest BCUT2D eigenvalue weighted by Gasteiger charge is -2.02. The Hall–Kier alpha value is -0.410. The summed E-state index contributed by atoms with van der Waals surface area (Å²) in [6, 6.07) is 3.82. The summed E-state index contributed by atoms with van der Waals surface area (Å²) in [6.45, 7) is 1.77. The summed E-state index contributed by atoms with van der Waals surface area (Å²) in [5, 5.41) is 9.04. The first-order valence-corrected chi connectivity index (χ1v) is 4.26. The van der Waals surface area contributed by atoms with Crippen molar-refractivity contribution in [2.24, 2.45) is 0 Å². The standard InChI is InChI=1S/C8H10BrNO/c1-6(11)4-7-2-3-8(9)10-5-7/h2-3,5-6,11H,4H2,1H3/t6-/m0/s1. The summed E-state index contributed by atoms with van der Waals surface area (Å²) in [5.74, 6) is 0. The van der Waals surface area contributed by atoms with Crippen LogP contribution in [0.3, 0.4) is 0 Å². The third-order valence-corrected chi connectivity index (χ3v) is 1.79. The molecule has 1 atom stereocenters. The topological polar surface area (TPSA) is 33.1 Å². The van der Waals surface area contributed by atoms with Crippen molar-refractivity contribution in [3.63, 3.8) is 0 Å². The fraction of sp³-hybridized carbons (Fsp3) is 0.375. The molecule has 0 amide bonds. The molecule has 0 saturated carbocycles. The molecule has 0 bridgehead atoms.